The van der Waals surface area contributed by atoms with Crippen LogP contribution in [0.3, 0.4) is 0 Å². The highest BCUT2D eigenvalue weighted by molar-refractivity contribution is 5.89. The Balaban J connectivity index is 0.00000196. The highest BCUT2D eigenvalue weighted by atomic mass is 35.5. The van der Waals surface area contributed by atoms with Gasteiger partial charge in [0.25, 0.3) is 0 Å². The standard InChI is InChI=1S/C19H27FN4O2.2ClH/c1-22(2)8-9-23-13-15(11-18(23)25)19(26)24-7-6-21-12-17(24)14-4-3-5-16(20)10-14;;/h3-5,10,15,17,21H,6-9,11-13H2,1-2H3;2*1H. The Bertz CT molecular complexity index is 677. The van der Waals surface area contributed by atoms with Crippen LogP contribution >= 0.6 is 24.8 Å². The highest BCUT2D eigenvalue weighted by Crippen LogP contribution is 2.28. The zero-order valence-electron chi connectivity index (χ0n) is 16.3. The number of piperazine rings is 1. The zero-order chi connectivity index (χ0) is 18.7. The van der Waals surface area contributed by atoms with Gasteiger partial charge in [0, 0.05) is 45.7 Å². The summed E-state index contributed by atoms with van der Waals surface area (Å²) in [6.07, 6.45) is 0.270. The van der Waals surface area contributed by atoms with Gasteiger partial charge < -0.3 is 20.0 Å². The fourth-order valence-electron chi connectivity index (χ4n) is 3.69. The van der Waals surface area contributed by atoms with Crippen LogP contribution in [0.5, 0.6) is 0 Å². The lowest BCUT2D eigenvalue weighted by atomic mass is 9.99. The summed E-state index contributed by atoms with van der Waals surface area (Å²) in [5, 5.41) is 3.28. The molecule has 2 atom stereocenters. The number of halogens is 3. The van der Waals surface area contributed by atoms with E-state index in [-0.39, 0.29) is 60.8 Å². The van der Waals surface area contributed by atoms with E-state index in [1.807, 2.05) is 30.0 Å². The molecule has 1 aromatic rings. The lowest BCUT2D eigenvalue weighted by Gasteiger charge is -2.38. The first-order chi connectivity index (χ1) is 12.5. The van der Waals surface area contributed by atoms with Crippen LogP contribution < -0.4 is 5.32 Å². The monoisotopic (exact) mass is 434 g/mol. The van der Waals surface area contributed by atoms with E-state index in [4.69, 9.17) is 0 Å². The SMILES string of the molecule is CN(C)CCN1CC(C(=O)N2CCNCC2c2cccc(F)c2)CC1=O.Cl.Cl. The Morgan fingerprint density at radius 3 is 2.75 bits per heavy atom. The van der Waals surface area contributed by atoms with Gasteiger partial charge in [-0.2, -0.15) is 0 Å². The van der Waals surface area contributed by atoms with E-state index in [1.165, 1.54) is 12.1 Å². The van der Waals surface area contributed by atoms with Crippen molar-refractivity contribution in [1.29, 1.82) is 0 Å². The van der Waals surface area contributed by atoms with Gasteiger partial charge in [0.15, 0.2) is 0 Å². The number of benzene rings is 1. The second kappa shape index (κ2) is 11.0. The van der Waals surface area contributed by atoms with E-state index >= 15 is 0 Å². The molecule has 0 aliphatic carbocycles. The summed E-state index contributed by atoms with van der Waals surface area (Å²) in [5.74, 6) is -0.561. The van der Waals surface area contributed by atoms with Gasteiger partial charge in [-0.25, -0.2) is 4.39 Å². The molecule has 0 saturated carbocycles. The summed E-state index contributed by atoms with van der Waals surface area (Å²) >= 11 is 0. The van der Waals surface area contributed by atoms with Crippen LogP contribution in [0.1, 0.15) is 18.0 Å². The molecule has 0 bridgehead atoms. The van der Waals surface area contributed by atoms with Crippen LogP contribution in [-0.4, -0.2) is 79.9 Å². The summed E-state index contributed by atoms with van der Waals surface area (Å²) in [6, 6.07) is 6.22. The third-order valence-electron chi connectivity index (χ3n) is 5.14. The number of likely N-dealkylation sites (N-methyl/N-ethyl adjacent to an activating group) is 1. The molecule has 1 N–H and O–H groups in total. The van der Waals surface area contributed by atoms with E-state index in [1.54, 1.807) is 11.0 Å². The van der Waals surface area contributed by atoms with Crippen LogP contribution in [-0.2, 0) is 9.59 Å². The first-order valence-electron chi connectivity index (χ1n) is 9.15. The molecular formula is C19H29Cl2FN4O2. The number of likely N-dealkylation sites (tertiary alicyclic amines) is 1. The van der Waals surface area contributed by atoms with Crippen LogP contribution in [0.15, 0.2) is 24.3 Å². The fraction of sp³-hybridized carbons (Fsp3) is 0.579. The first-order valence-corrected chi connectivity index (χ1v) is 9.15. The minimum Gasteiger partial charge on any atom is -0.341 e. The molecule has 0 aromatic heterocycles. The quantitative estimate of drug-likeness (QED) is 0.763. The predicted molar refractivity (Wildman–Crippen MR) is 111 cm³/mol. The Morgan fingerprint density at radius 2 is 2.07 bits per heavy atom. The van der Waals surface area contributed by atoms with Crippen LogP contribution in [0, 0.1) is 11.7 Å². The lowest BCUT2D eigenvalue weighted by Crippen LogP contribution is -2.50. The molecule has 3 rings (SSSR count). The molecule has 9 heteroatoms. The van der Waals surface area contributed by atoms with E-state index < -0.39 is 0 Å². The maximum Gasteiger partial charge on any atom is 0.228 e. The van der Waals surface area contributed by atoms with Gasteiger partial charge in [0.05, 0.1) is 12.0 Å². The van der Waals surface area contributed by atoms with Crippen molar-refractivity contribution in [3.63, 3.8) is 0 Å². The van der Waals surface area contributed by atoms with Crippen LogP contribution in [0.25, 0.3) is 0 Å². The predicted octanol–water partition coefficient (Wildman–Crippen LogP) is 1.55. The molecule has 158 valence electrons. The minimum atomic E-state index is -0.307. The smallest absolute Gasteiger partial charge is 0.228 e. The Kier molecular flexibility index (Phi) is 9.63. The van der Waals surface area contributed by atoms with Gasteiger partial charge in [0.1, 0.15) is 5.82 Å². The van der Waals surface area contributed by atoms with Crippen molar-refractivity contribution in [2.24, 2.45) is 5.92 Å². The molecule has 6 nitrogen and oxygen atoms in total. The van der Waals surface area contributed by atoms with E-state index in [0.29, 0.717) is 32.7 Å². The van der Waals surface area contributed by atoms with Crippen molar-refractivity contribution in [1.82, 2.24) is 20.0 Å². The highest BCUT2D eigenvalue weighted by Gasteiger charge is 2.39. The van der Waals surface area contributed by atoms with Crippen molar-refractivity contribution >= 4 is 36.6 Å². The number of rotatable bonds is 5. The third kappa shape index (κ3) is 5.80. The van der Waals surface area contributed by atoms with Gasteiger partial charge in [-0.3, -0.25) is 9.59 Å². The Morgan fingerprint density at radius 1 is 1.32 bits per heavy atom. The van der Waals surface area contributed by atoms with Gasteiger partial charge >= 0.3 is 0 Å². The van der Waals surface area contributed by atoms with Crippen molar-refractivity contribution < 1.29 is 14.0 Å². The molecule has 2 unspecified atom stereocenters. The Labute approximate surface area is 178 Å². The van der Waals surface area contributed by atoms with Crippen LogP contribution in [0.4, 0.5) is 4.39 Å². The molecule has 0 spiro atoms. The first kappa shape index (κ1) is 24.6. The number of amides is 2. The van der Waals surface area contributed by atoms with Crippen molar-refractivity contribution in [2.75, 3.05) is 53.4 Å². The maximum absolute atomic E-state index is 13.6. The average molecular weight is 435 g/mol. The summed E-state index contributed by atoms with van der Waals surface area (Å²) in [7, 11) is 3.93. The molecule has 2 fully saturated rings. The van der Waals surface area contributed by atoms with E-state index in [2.05, 4.69) is 5.32 Å². The molecule has 2 heterocycles. The maximum atomic E-state index is 13.6. The van der Waals surface area contributed by atoms with Crippen molar-refractivity contribution in [3.05, 3.63) is 35.6 Å². The largest absolute Gasteiger partial charge is 0.341 e. The summed E-state index contributed by atoms with van der Waals surface area (Å²) in [5.41, 5.74) is 0.791. The molecule has 2 amide bonds. The topological polar surface area (TPSA) is 55.9 Å². The number of hydrogen-bond acceptors (Lipinski definition) is 4. The molecule has 2 aliphatic rings. The molecule has 2 aliphatic heterocycles. The van der Waals surface area contributed by atoms with Gasteiger partial charge in [-0.05, 0) is 31.8 Å². The summed E-state index contributed by atoms with van der Waals surface area (Å²) in [4.78, 5) is 31.0. The number of carbonyl (C=O) groups excluding carboxylic acids is 2. The molecule has 0 radical (unpaired) electrons. The lowest BCUT2D eigenvalue weighted by molar-refractivity contribution is -0.139. The molecular weight excluding hydrogens is 406 g/mol. The summed E-state index contributed by atoms with van der Waals surface area (Å²) < 4.78 is 13.6. The van der Waals surface area contributed by atoms with Gasteiger partial charge in [-0.1, -0.05) is 12.1 Å². The second-order valence-corrected chi connectivity index (χ2v) is 7.35. The van der Waals surface area contributed by atoms with E-state index in [0.717, 1.165) is 12.1 Å². The van der Waals surface area contributed by atoms with Gasteiger partial charge in [-0.15, -0.1) is 24.8 Å². The number of nitrogens with one attached hydrogen (secondary N) is 1. The molecule has 1 aromatic carbocycles. The average Bonchev–Trinajstić information content (AvgIpc) is 3.00. The van der Waals surface area contributed by atoms with Crippen molar-refractivity contribution in [2.45, 2.75) is 12.5 Å². The zero-order valence-corrected chi connectivity index (χ0v) is 17.9. The second-order valence-electron chi connectivity index (χ2n) is 7.35. The molecule has 28 heavy (non-hydrogen) atoms. The minimum absolute atomic E-state index is 0. The third-order valence-corrected chi connectivity index (χ3v) is 5.14. The fourth-order valence-corrected chi connectivity index (χ4v) is 3.69. The molecule has 2 saturated heterocycles. The number of nitrogens with zero attached hydrogens (tertiary/aromatic N) is 3. The summed E-state index contributed by atoms with van der Waals surface area (Å²) in [6.45, 7) is 3.78. The van der Waals surface area contributed by atoms with E-state index in [9.17, 15) is 14.0 Å². The van der Waals surface area contributed by atoms with Crippen LogP contribution in [0.2, 0.25) is 0 Å². The number of carbonyl (C=O) groups is 2. The normalized spacial score (nSPS) is 22.1. The number of hydrogen-bond donors (Lipinski definition) is 1. The van der Waals surface area contributed by atoms with Gasteiger partial charge in [0.2, 0.25) is 11.8 Å². The Hall–Kier alpha value is -1.41. The van der Waals surface area contributed by atoms with Crippen molar-refractivity contribution in [3.8, 4) is 0 Å².